The third kappa shape index (κ3) is 4.01. The van der Waals surface area contributed by atoms with E-state index in [4.69, 9.17) is 4.74 Å². The van der Waals surface area contributed by atoms with Crippen molar-refractivity contribution in [2.24, 2.45) is 0 Å². The van der Waals surface area contributed by atoms with E-state index >= 15 is 0 Å². The van der Waals surface area contributed by atoms with Gasteiger partial charge in [0.2, 0.25) is 10.0 Å². The van der Waals surface area contributed by atoms with Crippen LogP contribution in [-0.4, -0.2) is 25.3 Å². The van der Waals surface area contributed by atoms with Crippen molar-refractivity contribution in [2.45, 2.75) is 24.8 Å². The lowest BCUT2D eigenvalue weighted by atomic mass is 10.1. The molecule has 27 heavy (non-hydrogen) atoms. The highest BCUT2D eigenvalue weighted by Gasteiger charge is 2.21. The summed E-state index contributed by atoms with van der Waals surface area (Å²) in [5.41, 5.74) is 2.20. The molecule has 1 N–H and O–H groups in total. The van der Waals surface area contributed by atoms with Crippen molar-refractivity contribution in [3.05, 3.63) is 71.8 Å². The number of hydrogen-bond donors (Lipinski definition) is 1. The Bertz CT molecular complexity index is 1030. The maximum absolute atomic E-state index is 13.1. The van der Waals surface area contributed by atoms with E-state index in [2.05, 4.69) is 9.82 Å². The van der Waals surface area contributed by atoms with Crippen molar-refractivity contribution in [1.29, 1.82) is 0 Å². The first-order valence-electron chi connectivity index (χ1n) is 8.28. The van der Waals surface area contributed by atoms with Crippen molar-refractivity contribution in [2.75, 3.05) is 7.11 Å². The van der Waals surface area contributed by atoms with Crippen molar-refractivity contribution in [3.63, 3.8) is 0 Å². The zero-order valence-electron chi connectivity index (χ0n) is 15.2. The quantitative estimate of drug-likeness (QED) is 0.702. The molecule has 8 heteroatoms. The number of nitrogens with one attached hydrogen (secondary N) is 1. The van der Waals surface area contributed by atoms with E-state index in [1.807, 2.05) is 6.92 Å². The smallest absolute Gasteiger partial charge is 0.241 e. The van der Waals surface area contributed by atoms with E-state index in [1.54, 1.807) is 42.1 Å². The molecule has 1 heterocycles. The van der Waals surface area contributed by atoms with Crippen LogP contribution in [0.4, 0.5) is 4.39 Å². The molecule has 0 amide bonds. The molecule has 0 aliphatic carbocycles. The van der Waals surface area contributed by atoms with Crippen LogP contribution in [0, 0.1) is 12.7 Å². The van der Waals surface area contributed by atoms with Gasteiger partial charge in [0.25, 0.3) is 0 Å². The Morgan fingerprint density at radius 2 is 1.74 bits per heavy atom. The van der Waals surface area contributed by atoms with Gasteiger partial charge in [0.15, 0.2) is 0 Å². The third-order valence-corrected chi connectivity index (χ3v) is 5.84. The summed E-state index contributed by atoms with van der Waals surface area (Å²) in [6, 6.07) is 11.6. The van der Waals surface area contributed by atoms with E-state index in [1.165, 1.54) is 31.4 Å². The predicted octanol–water partition coefficient (Wildman–Crippen LogP) is 3.37. The molecule has 3 rings (SSSR count). The lowest BCUT2D eigenvalue weighted by molar-refractivity contribution is 0.414. The standard InChI is InChI=1S/C19H20FN3O3S/c1-13(22-27(24,25)18-10-8-17(26-3)9-11-18)19-12-21-23(14(19)2)16-6-4-15(20)5-7-16/h4-13,22H,1-3H3/t13-/m1/s1. The van der Waals surface area contributed by atoms with Crippen LogP contribution in [0.5, 0.6) is 5.75 Å². The fourth-order valence-electron chi connectivity index (χ4n) is 2.81. The number of rotatable bonds is 6. The number of sulfonamides is 1. The number of halogens is 1. The highest BCUT2D eigenvalue weighted by Crippen LogP contribution is 2.23. The average Bonchev–Trinajstić information content (AvgIpc) is 3.03. The second-order valence-electron chi connectivity index (χ2n) is 6.09. The van der Waals surface area contributed by atoms with Gasteiger partial charge in [0, 0.05) is 17.3 Å². The second kappa shape index (κ2) is 7.50. The van der Waals surface area contributed by atoms with Crippen molar-refractivity contribution >= 4 is 10.0 Å². The van der Waals surface area contributed by atoms with E-state index in [0.717, 1.165) is 11.3 Å². The van der Waals surface area contributed by atoms with Crippen molar-refractivity contribution in [1.82, 2.24) is 14.5 Å². The van der Waals surface area contributed by atoms with Crippen LogP contribution in [0.2, 0.25) is 0 Å². The zero-order chi connectivity index (χ0) is 19.6. The van der Waals surface area contributed by atoms with Crippen LogP contribution in [0.3, 0.4) is 0 Å². The molecular weight excluding hydrogens is 369 g/mol. The second-order valence-corrected chi connectivity index (χ2v) is 7.81. The normalized spacial score (nSPS) is 12.7. The Kier molecular flexibility index (Phi) is 5.29. The molecule has 1 atom stereocenters. The molecule has 2 aromatic carbocycles. The van der Waals surface area contributed by atoms with Gasteiger partial charge in [0.05, 0.1) is 23.9 Å². The summed E-state index contributed by atoms with van der Waals surface area (Å²) in [7, 11) is -2.18. The number of aromatic nitrogens is 2. The molecule has 0 radical (unpaired) electrons. The third-order valence-electron chi connectivity index (χ3n) is 4.29. The molecule has 0 fully saturated rings. The summed E-state index contributed by atoms with van der Waals surface area (Å²) in [5.74, 6) is 0.253. The van der Waals surface area contributed by atoms with Gasteiger partial charge < -0.3 is 4.74 Å². The molecule has 0 saturated heterocycles. The zero-order valence-corrected chi connectivity index (χ0v) is 16.0. The van der Waals surface area contributed by atoms with Gasteiger partial charge in [-0.2, -0.15) is 5.10 Å². The minimum Gasteiger partial charge on any atom is -0.497 e. The van der Waals surface area contributed by atoms with Gasteiger partial charge in [-0.1, -0.05) is 0 Å². The summed E-state index contributed by atoms with van der Waals surface area (Å²) >= 11 is 0. The van der Waals surface area contributed by atoms with Crippen molar-refractivity contribution < 1.29 is 17.5 Å². The Balaban J connectivity index is 1.83. The Hall–Kier alpha value is -2.71. The summed E-state index contributed by atoms with van der Waals surface area (Å²) in [6.07, 6.45) is 1.61. The van der Waals surface area contributed by atoms with Crippen LogP contribution >= 0.6 is 0 Å². The Morgan fingerprint density at radius 1 is 1.11 bits per heavy atom. The van der Waals surface area contributed by atoms with Gasteiger partial charge in [-0.25, -0.2) is 22.2 Å². The SMILES string of the molecule is COc1ccc(S(=O)(=O)N[C@H](C)c2cnn(-c3ccc(F)cc3)c2C)cc1. The monoisotopic (exact) mass is 389 g/mol. The van der Waals surface area contributed by atoms with E-state index < -0.39 is 16.1 Å². The highest BCUT2D eigenvalue weighted by molar-refractivity contribution is 7.89. The summed E-state index contributed by atoms with van der Waals surface area (Å²) in [4.78, 5) is 0.152. The molecule has 1 aromatic heterocycles. The molecular formula is C19H20FN3O3S. The minimum atomic E-state index is -3.70. The van der Waals surface area contributed by atoms with Crippen molar-refractivity contribution in [3.8, 4) is 11.4 Å². The molecule has 6 nitrogen and oxygen atoms in total. The highest BCUT2D eigenvalue weighted by atomic mass is 32.2. The van der Waals surface area contributed by atoms with E-state index in [-0.39, 0.29) is 10.7 Å². The number of nitrogens with zero attached hydrogens (tertiary/aromatic N) is 2. The first kappa shape index (κ1) is 19.1. The molecule has 3 aromatic rings. The summed E-state index contributed by atoms with van der Waals surface area (Å²) < 4.78 is 47.7. The van der Waals surface area contributed by atoms with Gasteiger partial charge in [0.1, 0.15) is 11.6 Å². The Morgan fingerprint density at radius 3 is 2.33 bits per heavy atom. The van der Waals surface area contributed by atoms with Crippen LogP contribution in [0.25, 0.3) is 5.69 Å². The fourth-order valence-corrected chi connectivity index (χ4v) is 4.03. The van der Waals surface area contributed by atoms with Gasteiger partial charge in [-0.15, -0.1) is 0 Å². The lowest BCUT2D eigenvalue weighted by Crippen LogP contribution is -2.27. The van der Waals surface area contributed by atoms with E-state index in [0.29, 0.717) is 11.4 Å². The van der Waals surface area contributed by atoms with Crippen LogP contribution in [0.15, 0.2) is 59.6 Å². The molecule has 142 valence electrons. The maximum Gasteiger partial charge on any atom is 0.241 e. The lowest BCUT2D eigenvalue weighted by Gasteiger charge is -2.15. The van der Waals surface area contributed by atoms with Crippen LogP contribution in [-0.2, 0) is 10.0 Å². The molecule has 0 aliphatic rings. The molecule has 0 aliphatic heterocycles. The average molecular weight is 389 g/mol. The molecule has 0 spiro atoms. The first-order valence-corrected chi connectivity index (χ1v) is 9.77. The predicted molar refractivity (Wildman–Crippen MR) is 100.0 cm³/mol. The van der Waals surface area contributed by atoms with Crippen LogP contribution in [0.1, 0.15) is 24.2 Å². The van der Waals surface area contributed by atoms with E-state index in [9.17, 15) is 12.8 Å². The molecule has 0 bridgehead atoms. The number of ether oxygens (including phenoxy) is 1. The van der Waals surface area contributed by atoms with Crippen LogP contribution < -0.4 is 9.46 Å². The Labute approximate surface area is 157 Å². The number of methoxy groups -OCH3 is 1. The summed E-state index contributed by atoms with van der Waals surface area (Å²) in [6.45, 7) is 3.59. The number of hydrogen-bond acceptors (Lipinski definition) is 4. The minimum absolute atomic E-state index is 0.152. The first-order chi connectivity index (χ1) is 12.8. The van der Waals surface area contributed by atoms with Gasteiger partial charge in [-0.05, 0) is 62.4 Å². The number of benzene rings is 2. The topological polar surface area (TPSA) is 73.2 Å². The summed E-state index contributed by atoms with van der Waals surface area (Å²) in [5, 5.41) is 4.31. The largest absolute Gasteiger partial charge is 0.497 e. The van der Waals surface area contributed by atoms with Gasteiger partial charge >= 0.3 is 0 Å². The molecule has 0 saturated carbocycles. The maximum atomic E-state index is 13.1. The van der Waals surface area contributed by atoms with Gasteiger partial charge in [-0.3, -0.25) is 0 Å². The molecule has 0 unspecified atom stereocenters. The fraction of sp³-hybridized carbons (Fsp3) is 0.211.